The topological polar surface area (TPSA) is 122 Å². The Balaban J connectivity index is 5.35. The number of esters is 1. The summed E-state index contributed by atoms with van der Waals surface area (Å²) in [4.78, 5) is 22.7. The zero-order chi connectivity index (χ0) is 24.2. The molecule has 30 heavy (non-hydrogen) atoms. The van der Waals surface area contributed by atoms with Crippen molar-refractivity contribution in [3.05, 3.63) is 12.4 Å². The average Bonchev–Trinajstić information content (AvgIpc) is 2.56. The Labute approximate surface area is 163 Å². The Morgan fingerprint density at radius 2 is 1.57 bits per heavy atom. The van der Waals surface area contributed by atoms with Gasteiger partial charge in [-0.05, 0) is 12.8 Å². The van der Waals surface area contributed by atoms with Gasteiger partial charge in [-0.2, -0.15) is 35.1 Å². The highest BCUT2D eigenvalue weighted by Gasteiger charge is 2.66. The van der Waals surface area contributed by atoms with Crippen LogP contribution in [0.25, 0.3) is 0 Å². The fourth-order valence-electron chi connectivity index (χ4n) is 1.75. The van der Waals surface area contributed by atoms with Crippen LogP contribution in [0.3, 0.4) is 0 Å². The van der Waals surface area contributed by atoms with Crippen molar-refractivity contribution >= 4 is 22.0 Å². The van der Waals surface area contributed by atoms with Gasteiger partial charge in [0.05, 0.1) is 6.61 Å². The Kier molecular flexibility index (Phi) is 8.79. The van der Waals surface area contributed by atoms with Gasteiger partial charge in [0, 0.05) is 13.5 Å². The monoisotopic (exact) mass is 480 g/mol. The van der Waals surface area contributed by atoms with E-state index in [4.69, 9.17) is 0 Å². The number of nitrogens with one attached hydrogen (secondary N) is 1. The lowest BCUT2D eigenvalue weighted by atomic mass is 10.1. The number of carbonyl (C=O) groups is 2. The van der Waals surface area contributed by atoms with E-state index in [1.165, 1.54) is 5.32 Å². The second kappa shape index (κ2) is 9.42. The number of amides is 1. The van der Waals surface area contributed by atoms with Gasteiger partial charge in [0.25, 0.3) is 0 Å². The van der Waals surface area contributed by atoms with E-state index >= 15 is 0 Å². The number of likely N-dealkylation sites (N-methyl/N-ethyl adjacent to an activating group) is 1. The van der Waals surface area contributed by atoms with Crippen molar-refractivity contribution in [3.8, 4) is 0 Å². The van der Waals surface area contributed by atoms with Gasteiger partial charge in [-0.25, -0.2) is 13.2 Å². The summed E-state index contributed by atoms with van der Waals surface area (Å²) in [5.74, 6) is -16.3. The highest BCUT2D eigenvalue weighted by Crippen LogP contribution is 2.42. The number of ether oxygens (including phenoxy) is 2. The molecule has 0 aromatic carbocycles. The summed E-state index contributed by atoms with van der Waals surface area (Å²) in [5, 5.41) is -4.57. The van der Waals surface area contributed by atoms with Crippen molar-refractivity contribution in [3.63, 3.8) is 0 Å². The summed E-state index contributed by atoms with van der Waals surface area (Å²) in [6.45, 7) is 1.03. The molecule has 0 aliphatic rings. The normalized spacial score (nSPS) is 15.3. The van der Waals surface area contributed by atoms with Gasteiger partial charge >= 0.3 is 35.0 Å². The molecule has 0 aliphatic carbocycles. The van der Waals surface area contributed by atoms with Crippen molar-refractivity contribution in [2.45, 2.75) is 42.4 Å². The van der Waals surface area contributed by atoms with E-state index in [-0.39, 0.29) is 0 Å². The van der Waals surface area contributed by atoms with E-state index in [2.05, 4.69) is 16.1 Å². The standard InChI is InChI=1S/C13H15F8NO7S/c1-7(14)8(23)29-11(9(24)22-2,12(17,18)19)28-6-4-3-5-10(15,16)13(20,21)30(25,26)27/h1,3-6H2,2H3,(H,22,24)(H,25,26,27)/p-1. The summed E-state index contributed by atoms with van der Waals surface area (Å²) < 4.78 is 144. The van der Waals surface area contributed by atoms with Gasteiger partial charge in [0.2, 0.25) is 5.83 Å². The minimum Gasteiger partial charge on any atom is -0.743 e. The average molecular weight is 480 g/mol. The van der Waals surface area contributed by atoms with Crippen LogP contribution < -0.4 is 5.32 Å². The predicted octanol–water partition coefficient (Wildman–Crippen LogP) is 1.98. The molecule has 0 saturated heterocycles. The SMILES string of the molecule is C=C(F)C(=O)OC(OCCCCC(F)(F)C(F)(F)S(=O)(=O)[O-])(C(=O)NC)C(F)(F)F. The van der Waals surface area contributed by atoms with Crippen LogP contribution in [0.15, 0.2) is 12.4 Å². The molecule has 0 fully saturated rings. The number of alkyl halides is 7. The fraction of sp³-hybridized carbons (Fsp3) is 0.692. The van der Waals surface area contributed by atoms with Crippen molar-refractivity contribution in [2.75, 3.05) is 13.7 Å². The second-order valence-corrected chi connectivity index (χ2v) is 6.89. The van der Waals surface area contributed by atoms with Gasteiger partial charge in [0.15, 0.2) is 10.1 Å². The van der Waals surface area contributed by atoms with Gasteiger partial charge in [-0.1, -0.05) is 6.58 Å². The number of rotatable bonds is 11. The summed E-state index contributed by atoms with van der Waals surface area (Å²) in [7, 11) is -6.10. The van der Waals surface area contributed by atoms with Crippen LogP contribution in [-0.2, 0) is 29.2 Å². The molecule has 0 aromatic rings. The second-order valence-electron chi connectivity index (χ2n) is 5.47. The lowest BCUT2D eigenvalue weighted by Crippen LogP contribution is -2.61. The first-order chi connectivity index (χ1) is 13.3. The molecule has 0 radical (unpaired) electrons. The molecule has 0 aromatic heterocycles. The van der Waals surface area contributed by atoms with E-state index in [1.54, 1.807) is 0 Å². The molecule has 0 bridgehead atoms. The summed E-state index contributed by atoms with van der Waals surface area (Å²) in [5.41, 5.74) is 0. The van der Waals surface area contributed by atoms with Crippen molar-refractivity contribution < 1.29 is 67.2 Å². The minimum atomic E-state index is -6.75. The molecule has 0 rings (SSSR count). The van der Waals surface area contributed by atoms with Crippen LogP contribution >= 0.6 is 0 Å². The third-order valence-corrected chi connectivity index (χ3v) is 4.21. The van der Waals surface area contributed by atoms with E-state index in [1.807, 2.05) is 0 Å². The van der Waals surface area contributed by atoms with Gasteiger partial charge < -0.3 is 19.3 Å². The molecule has 176 valence electrons. The Morgan fingerprint density at radius 1 is 1.07 bits per heavy atom. The van der Waals surface area contributed by atoms with Crippen LogP contribution in [0.1, 0.15) is 19.3 Å². The van der Waals surface area contributed by atoms with E-state index < -0.39 is 76.8 Å². The maximum absolute atomic E-state index is 13.3. The van der Waals surface area contributed by atoms with Gasteiger partial charge in [-0.15, -0.1) is 0 Å². The molecule has 0 saturated carbocycles. The van der Waals surface area contributed by atoms with Crippen LogP contribution in [0.2, 0.25) is 0 Å². The third-order valence-electron chi connectivity index (χ3n) is 3.29. The minimum absolute atomic E-state index is 0.649. The molecular weight excluding hydrogens is 466 g/mol. The van der Waals surface area contributed by atoms with Crippen LogP contribution in [-0.4, -0.2) is 61.6 Å². The zero-order valence-corrected chi connectivity index (χ0v) is 15.6. The molecule has 0 aliphatic heterocycles. The van der Waals surface area contributed by atoms with Crippen molar-refractivity contribution in [1.82, 2.24) is 5.32 Å². The fourth-order valence-corrected chi connectivity index (χ4v) is 2.22. The first-order valence-electron chi connectivity index (χ1n) is 7.48. The predicted molar refractivity (Wildman–Crippen MR) is 78.6 cm³/mol. The van der Waals surface area contributed by atoms with Crippen molar-refractivity contribution in [2.24, 2.45) is 0 Å². The number of hydrogen-bond donors (Lipinski definition) is 1. The molecule has 1 unspecified atom stereocenters. The zero-order valence-electron chi connectivity index (χ0n) is 14.8. The van der Waals surface area contributed by atoms with Crippen LogP contribution in [0.4, 0.5) is 35.1 Å². The highest BCUT2D eigenvalue weighted by atomic mass is 32.2. The van der Waals surface area contributed by atoms with Gasteiger partial charge in [-0.3, -0.25) is 4.79 Å². The third kappa shape index (κ3) is 6.00. The molecule has 1 amide bonds. The van der Waals surface area contributed by atoms with Crippen LogP contribution in [0, 0.1) is 0 Å². The molecule has 17 heteroatoms. The van der Waals surface area contributed by atoms with Crippen LogP contribution in [0.5, 0.6) is 0 Å². The lowest BCUT2D eigenvalue weighted by Gasteiger charge is -2.32. The number of halogens is 8. The van der Waals surface area contributed by atoms with E-state index in [0.29, 0.717) is 7.05 Å². The molecule has 1 atom stereocenters. The molecule has 8 nitrogen and oxygen atoms in total. The molecular formula is C13H14F8NO7S-. The highest BCUT2D eigenvalue weighted by molar-refractivity contribution is 7.86. The largest absolute Gasteiger partial charge is 0.743 e. The first-order valence-corrected chi connectivity index (χ1v) is 8.89. The summed E-state index contributed by atoms with van der Waals surface area (Å²) >= 11 is 0. The number of carbonyl (C=O) groups excluding carboxylic acids is 2. The Hall–Kier alpha value is -2.01. The summed E-state index contributed by atoms with van der Waals surface area (Å²) in [6.07, 6.45) is -9.84. The molecule has 1 N–H and O–H groups in total. The summed E-state index contributed by atoms with van der Waals surface area (Å²) in [6, 6.07) is 0. The Bertz CT molecular complexity index is 768. The first kappa shape index (κ1) is 28.0. The lowest BCUT2D eigenvalue weighted by molar-refractivity contribution is -0.347. The van der Waals surface area contributed by atoms with Crippen molar-refractivity contribution in [1.29, 1.82) is 0 Å². The maximum Gasteiger partial charge on any atom is 0.466 e. The molecule has 0 heterocycles. The number of unbranched alkanes of at least 4 members (excludes halogenated alkanes) is 1. The Morgan fingerprint density at radius 3 is 1.93 bits per heavy atom. The van der Waals surface area contributed by atoms with E-state index in [0.717, 1.165) is 0 Å². The van der Waals surface area contributed by atoms with E-state index in [9.17, 15) is 57.7 Å². The molecule has 0 spiro atoms. The van der Waals surface area contributed by atoms with Gasteiger partial charge in [0.1, 0.15) is 0 Å². The number of hydrogen-bond acceptors (Lipinski definition) is 7. The smallest absolute Gasteiger partial charge is 0.466 e. The maximum atomic E-state index is 13.3. The quantitative estimate of drug-likeness (QED) is 0.120.